The largest absolute Gasteiger partial charge is 0.311 e. The monoisotopic (exact) mass is 303 g/mol. The third-order valence-electron chi connectivity index (χ3n) is 2.23. The molecule has 12 heteroatoms. The lowest BCUT2D eigenvalue weighted by atomic mass is 10.1. The second-order valence-corrected chi connectivity index (χ2v) is 3.55. The van der Waals surface area contributed by atoms with Gasteiger partial charge in [-0.15, -0.1) is 30.3 Å². The summed E-state index contributed by atoms with van der Waals surface area (Å²) in [6.45, 7) is -0.915. The molecule has 1 rings (SSSR count). The van der Waals surface area contributed by atoms with Crippen LogP contribution in [-0.2, 0) is 14.5 Å². The Kier molecular flexibility index (Phi) is 5.61. The Labute approximate surface area is 116 Å². The zero-order valence-corrected chi connectivity index (χ0v) is 10.3. The van der Waals surface area contributed by atoms with Gasteiger partial charge in [-0.05, 0) is 5.56 Å². The minimum atomic E-state index is -1.70. The summed E-state index contributed by atoms with van der Waals surface area (Å²) >= 11 is 0. The Morgan fingerprint density at radius 3 is 1.95 bits per heavy atom. The van der Waals surface area contributed by atoms with Crippen molar-refractivity contribution in [3.05, 3.63) is 66.2 Å². The van der Waals surface area contributed by atoms with Crippen molar-refractivity contribution in [2.24, 2.45) is 0 Å². The molecule has 0 heterocycles. The molecule has 0 radical (unpaired) electrons. The molecule has 1 aromatic carbocycles. The minimum Gasteiger partial charge on any atom is -0.311 e. The number of benzene rings is 1. The highest BCUT2D eigenvalue weighted by Crippen LogP contribution is 2.24. The van der Waals surface area contributed by atoms with Crippen molar-refractivity contribution >= 4 is 0 Å². The molecule has 2 atom stereocenters. The van der Waals surface area contributed by atoms with E-state index in [2.05, 4.69) is 14.5 Å². The quantitative estimate of drug-likeness (QED) is 0.473. The van der Waals surface area contributed by atoms with Crippen LogP contribution in [0.4, 0.5) is 0 Å². The molecule has 0 aliphatic rings. The van der Waals surface area contributed by atoms with Gasteiger partial charge < -0.3 is 14.5 Å². The molecule has 0 spiro atoms. The standard InChI is InChI=1S/C9H9N3O9/c13-10(14)19-6-8(20-11(15)16)9(21-12(17)18)7-4-2-1-3-5-7/h1-5,8-9H,6H2/t8-,9+/m1/s1. The second-order valence-electron chi connectivity index (χ2n) is 3.55. The number of hydrogen-bond acceptors (Lipinski definition) is 9. The third-order valence-corrected chi connectivity index (χ3v) is 2.23. The highest BCUT2D eigenvalue weighted by atomic mass is 17.0. The van der Waals surface area contributed by atoms with Crippen molar-refractivity contribution in [1.82, 2.24) is 0 Å². The van der Waals surface area contributed by atoms with Crippen molar-refractivity contribution in [2.45, 2.75) is 12.2 Å². The molecule has 0 unspecified atom stereocenters. The predicted octanol–water partition coefficient (Wildman–Crippen LogP) is 0.721. The molecule has 114 valence electrons. The van der Waals surface area contributed by atoms with Crippen LogP contribution >= 0.6 is 0 Å². The van der Waals surface area contributed by atoms with Crippen LogP contribution < -0.4 is 0 Å². The van der Waals surface area contributed by atoms with Crippen molar-refractivity contribution in [3.8, 4) is 0 Å². The fraction of sp³-hybridized carbons (Fsp3) is 0.333. The minimum absolute atomic E-state index is 0.160. The molecule has 0 amide bonds. The maximum atomic E-state index is 10.5. The summed E-state index contributed by atoms with van der Waals surface area (Å²) < 4.78 is 0. The normalized spacial score (nSPS) is 12.8. The van der Waals surface area contributed by atoms with Crippen LogP contribution in [0.2, 0.25) is 0 Å². The summed E-state index contributed by atoms with van der Waals surface area (Å²) in [5, 5.41) is 27.4. The van der Waals surface area contributed by atoms with Crippen LogP contribution in [0.25, 0.3) is 0 Å². The molecular weight excluding hydrogens is 294 g/mol. The summed E-state index contributed by atoms with van der Waals surface area (Å²) in [6.07, 6.45) is -3.26. The van der Waals surface area contributed by atoms with Crippen LogP contribution in [-0.4, -0.2) is 28.0 Å². The van der Waals surface area contributed by atoms with Gasteiger partial charge in [0.1, 0.15) is 6.61 Å². The summed E-state index contributed by atoms with van der Waals surface area (Å²) in [6, 6.07) is 7.38. The van der Waals surface area contributed by atoms with Crippen LogP contribution in [0.5, 0.6) is 0 Å². The topological polar surface area (TPSA) is 157 Å². The van der Waals surface area contributed by atoms with Crippen LogP contribution in [0.3, 0.4) is 0 Å². The van der Waals surface area contributed by atoms with Gasteiger partial charge >= 0.3 is 0 Å². The van der Waals surface area contributed by atoms with E-state index in [4.69, 9.17) is 0 Å². The molecule has 0 fully saturated rings. The zero-order chi connectivity index (χ0) is 15.8. The average Bonchev–Trinajstić information content (AvgIpc) is 2.41. The van der Waals surface area contributed by atoms with Crippen LogP contribution in [0.1, 0.15) is 11.7 Å². The zero-order valence-electron chi connectivity index (χ0n) is 10.3. The maximum Gasteiger partial charge on any atom is 0.295 e. The van der Waals surface area contributed by atoms with Gasteiger partial charge in [-0.3, -0.25) is 0 Å². The first-order valence-corrected chi connectivity index (χ1v) is 5.34. The molecule has 0 saturated carbocycles. The first-order valence-electron chi connectivity index (χ1n) is 5.34. The summed E-state index contributed by atoms with van der Waals surface area (Å²) in [7, 11) is 0. The lowest BCUT2D eigenvalue weighted by molar-refractivity contribution is -0.812. The van der Waals surface area contributed by atoms with E-state index in [1.165, 1.54) is 24.3 Å². The van der Waals surface area contributed by atoms with Gasteiger partial charge in [0, 0.05) is 0 Å². The fourth-order valence-electron chi connectivity index (χ4n) is 1.50. The predicted molar refractivity (Wildman–Crippen MR) is 62.1 cm³/mol. The van der Waals surface area contributed by atoms with Crippen molar-refractivity contribution < 1.29 is 29.8 Å². The molecule has 0 aliphatic heterocycles. The maximum absolute atomic E-state index is 10.5. The summed E-state index contributed by atoms with van der Waals surface area (Å²) in [4.78, 5) is 43.5. The van der Waals surface area contributed by atoms with E-state index in [1.807, 2.05) is 0 Å². The Balaban J connectivity index is 3.00. The smallest absolute Gasteiger partial charge is 0.295 e. The van der Waals surface area contributed by atoms with E-state index in [-0.39, 0.29) is 5.56 Å². The first-order chi connectivity index (χ1) is 9.90. The average molecular weight is 303 g/mol. The van der Waals surface area contributed by atoms with Gasteiger partial charge in [0.2, 0.25) is 0 Å². The summed E-state index contributed by atoms with van der Waals surface area (Å²) in [5.41, 5.74) is 0.160. The lowest BCUT2D eigenvalue weighted by Gasteiger charge is -2.22. The number of rotatable bonds is 9. The van der Waals surface area contributed by atoms with Crippen LogP contribution in [0.15, 0.2) is 30.3 Å². The Hall–Kier alpha value is -3.18. The van der Waals surface area contributed by atoms with E-state index in [0.717, 1.165) is 0 Å². The molecule has 0 N–H and O–H groups in total. The molecule has 0 saturated heterocycles. The third kappa shape index (κ3) is 5.54. The highest BCUT2D eigenvalue weighted by Gasteiger charge is 2.31. The molecule has 1 aromatic rings. The Morgan fingerprint density at radius 1 is 0.905 bits per heavy atom. The number of hydrogen-bond donors (Lipinski definition) is 0. The van der Waals surface area contributed by atoms with Crippen LogP contribution in [0, 0.1) is 30.3 Å². The van der Waals surface area contributed by atoms with Gasteiger partial charge in [-0.1, -0.05) is 30.3 Å². The van der Waals surface area contributed by atoms with Gasteiger partial charge in [0.25, 0.3) is 15.3 Å². The van der Waals surface area contributed by atoms with Gasteiger partial charge in [-0.25, -0.2) is 0 Å². The van der Waals surface area contributed by atoms with Crippen molar-refractivity contribution in [2.75, 3.05) is 6.61 Å². The van der Waals surface area contributed by atoms with Gasteiger partial charge in [-0.2, -0.15) is 0 Å². The second kappa shape index (κ2) is 7.42. The molecule has 0 aromatic heterocycles. The van der Waals surface area contributed by atoms with E-state index in [0.29, 0.717) is 0 Å². The van der Waals surface area contributed by atoms with E-state index in [1.54, 1.807) is 6.07 Å². The first kappa shape index (κ1) is 15.9. The Morgan fingerprint density at radius 2 is 1.48 bits per heavy atom. The van der Waals surface area contributed by atoms with Gasteiger partial charge in [0.05, 0.1) is 0 Å². The van der Waals surface area contributed by atoms with E-state index >= 15 is 0 Å². The molecule has 12 nitrogen and oxygen atoms in total. The fourth-order valence-corrected chi connectivity index (χ4v) is 1.50. The SMILES string of the molecule is O=[N+]([O-])OC[C@@H](O[N+](=O)[O-])[C@@H](O[N+](=O)[O-])c1ccccc1. The number of nitrogens with zero attached hydrogens (tertiary/aromatic N) is 3. The molecule has 21 heavy (non-hydrogen) atoms. The molecular formula is C9H9N3O9. The molecule has 0 aliphatic carbocycles. The lowest BCUT2D eigenvalue weighted by Crippen LogP contribution is -2.33. The van der Waals surface area contributed by atoms with E-state index in [9.17, 15) is 30.3 Å². The van der Waals surface area contributed by atoms with Crippen molar-refractivity contribution in [1.29, 1.82) is 0 Å². The van der Waals surface area contributed by atoms with Crippen molar-refractivity contribution in [3.63, 3.8) is 0 Å². The molecule has 0 bridgehead atoms. The van der Waals surface area contributed by atoms with Gasteiger partial charge in [0.15, 0.2) is 12.2 Å². The Bertz CT molecular complexity index is 508. The van der Waals surface area contributed by atoms with E-state index < -0.39 is 34.1 Å². The highest BCUT2D eigenvalue weighted by molar-refractivity contribution is 5.18. The summed E-state index contributed by atoms with van der Waals surface area (Å²) in [5.74, 6) is 0.